The van der Waals surface area contributed by atoms with Gasteiger partial charge in [0, 0.05) is 17.6 Å². The average molecular weight is 391 g/mol. The Hall–Kier alpha value is -2.05. The van der Waals surface area contributed by atoms with Crippen LogP contribution in [0, 0.1) is 11.8 Å². The van der Waals surface area contributed by atoms with E-state index in [0.717, 1.165) is 42.7 Å². The second kappa shape index (κ2) is 8.31. The fourth-order valence-corrected chi connectivity index (χ4v) is 4.69. The van der Waals surface area contributed by atoms with Crippen molar-refractivity contribution < 1.29 is 9.53 Å². The van der Waals surface area contributed by atoms with Crippen molar-refractivity contribution in [2.45, 2.75) is 44.2 Å². The predicted octanol–water partition coefficient (Wildman–Crippen LogP) is 3.14. The molecule has 6 nitrogen and oxygen atoms in total. The first-order valence-corrected chi connectivity index (χ1v) is 9.40. The zero-order valence-corrected chi connectivity index (χ0v) is 16.3. The summed E-state index contributed by atoms with van der Waals surface area (Å²) in [6.45, 7) is 0. The van der Waals surface area contributed by atoms with Crippen LogP contribution in [0.1, 0.15) is 42.5 Å². The molecule has 1 aromatic carbocycles. The number of nitrogens with one attached hydrogen (secondary N) is 2. The number of nitrogens with zero attached hydrogens (tertiary/aromatic N) is 1. The zero-order valence-electron chi connectivity index (χ0n) is 15.5. The lowest BCUT2D eigenvalue weighted by atomic mass is 9.67. The van der Waals surface area contributed by atoms with Crippen molar-refractivity contribution in [1.82, 2.24) is 15.5 Å². The highest BCUT2D eigenvalue weighted by molar-refractivity contribution is 6.00. The fraction of sp³-hybridized carbons (Fsp3) is 0.500. The molecule has 2 bridgehead atoms. The maximum Gasteiger partial charge on any atom is 0.255 e. The van der Waals surface area contributed by atoms with E-state index in [1.54, 1.807) is 13.3 Å². The number of hydrogen-bond donors (Lipinski definition) is 3. The van der Waals surface area contributed by atoms with E-state index in [2.05, 4.69) is 15.5 Å². The van der Waals surface area contributed by atoms with Gasteiger partial charge in [-0.2, -0.15) is 5.10 Å². The highest BCUT2D eigenvalue weighted by Gasteiger charge is 2.40. The molecule has 0 spiro atoms. The van der Waals surface area contributed by atoms with E-state index in [-0.39, 0.29) is 30.4 Å². The summed E-state index contributed by atoms with van der Waals surface area (Å²) in [4.78, 5) is 13.0. The molecule has 1 heterocycles. The van der Waals surface area contributed by atoms with Crippen molar-refractivity contribution in [3.05, 3.63) is 36.0 Å². The molecule has 2 unspecified atom stereocenters. The predicted molar refractivity (Wildman–Crippen MR) is 107 cm³/mol. The summed E-state index contributed by atoms with van der Waals surface area (Å²) in [5, 5.41) is 10.4. The molecule has 4 rings (SSSR count). The molecule has 146 valence electrons. The van der Waals surface area contributed by atoms with E-state index >= 15 is 0 Å². The van der Waals surface area contributed by atoms with Crippen molar-refractivity contribution in [2.24, 2.45) is 17.6 Å². The van der Waals surface area contributed by atoms with Crippen LogP contribution in [0.3, 0.4) is 0 Å². The van der Waals surface area contributed by atoms with Crippen molar-refractivity contribution >= 4 is 18.3 Å². The van der Waals surface area contributed by atoms with Gasteiger partial charge in [-0.1, -0.05) is 6.42 Å². The van der Waals surface area contributed by atoms with Gasteiger partial charge in [-0.15, -0.1) is 12.4 Å². The number of H-pyrrole nitrogens is 1. The number of carbonyl (C=O) groups is 1. The smallest absolute Gasteiger partial charge is 0.255 e. The van der Waals surface area contributed by atoms with Gasteiger partial charge in [-0.05, 0) is 61.8 Å². The summed E-state index contributed by atoms with van der Waals surface area (Å²) in [7, 11) is 1.64. The number of benzene rings is 1. The van der Waals surface area contributed by atoms with Gasteiger partial charge in [0.05, 0.1) is 24.6 Å². The third kappa shape index (κ3) is 3.96. The molecule has 1 aromatic heterocycles. The maximum absolute atomic E-state index is 13.0. The Labute approximate surface area is 165 Å². The SMILES string of the molecule is COc1ccc(-c2[nH]ncc2C(=O)NC2C3CCCC2CC(N)C3)cc1.Cl. The zero-order chi connectivity index (χ0) is 18.1. The minimum Gasteiger partial charge on any atom is -0.497 e. The summed E-state index contributed by atoms with van der Waals surface area (Å²) >= 11 is 0. The quantitative estimate of drug-likeness (QED) is 0.747. The number of ether oxygens (including phenoxy) is 1. The van der Waals surface area contributed by atoms with Gasteiger partial charge in [-0.3, -0.25) is 9.89 Å². The van der Waals surface area contributed by atoms with Gasteiger partial charge >= 0.3 is 0 Å². The minimum absolute atomic E-state index is 0. The van der Waals surface area contributed by atoms with E-state index in [1.807, 2.05) is 24.3 Å². The number of amides is 1. The highest BCUT2D eigenvalue weighted by atomic mass is 35.5. The first-order valence-electron chi connectivity index (χ1n) is 9.40. The number of carbonyl (C=O) groups excluding carboxylic acids is 1. The number of rotatable bonds is 4. The van der Waals surface area contributed by atoms with Crippen LogP contribution in [-0.4, -0.2) is 35.3 Å². The molecule has 1 amide bonds. The van der Waals surface area contributed by atoms with E-state index in [9.17, 15) is 4.79 Å². The number of nitrogens with two attached hydrogens (primary N) is 1. The molecule has 0 saturated heterocycles. The maximum atomic E-state index is 13.0. The number of methoxy groups -OCH3 is 1. The largest absolute Gasteiger partial charge is 0.497 e. The van der Waals surface area contributed by atoms with Crippen molar-refractivity contribution in [3.8, 4) is 17.0 Å². The number of aromatic nitrogens is 2. The monoisotopic (exact) mass is 390 g/mol. The van der Waals surface area contributed by atoms with E-state index < -0.39 is 0 Å². The fourth-order valence-electron chi connectivity index (χ4n) is 4.69. The van der Waals surface area contributed by atoms with Crippen LogP contribution in [0.2, 0.25) is 0 Å². The lowest BCUT2D eigenvalue weighted by molar-refractivity contribution is 0.0756. The molecule has 2 aliphatic rings. The lowest BCUT2D eigenvalue weighted by Crippen LogP contribution is -2.53. The van der Waals surface area contributed by atoms with Gasteiger partial charge in [0.15, 0.2) is 0 Å². The molecular formula is C20H27ClN4O2. The first kappa shape index (κ1) is 19.7. The number of hydrogen-bond acceptors (Lipinski definition) is 4. The van der Waals surface area contributed by atoms with Crippen LogP contribution in [0.25, 0.3) is 11.3 Å². The summed E-state index contributed by atoms with van der Waals surface area (Å²) in [6, 6.07) is 8.13. The van der Waals surface area contributed by atoms with Crippen LogP contribution in [-0.2, 0) is 0 Å². The molecule has 4 N–H and O–H groups in total. The van der Waals surface area contributed by atoms with Crippen LogP contribution in [0.15, 0.2) is 30.5 Å². The van der Waals surface area contributed by atoms with E-state index in [0.29, 0.717) is 17.4 Å². The van der Waals surface area contributed by atoms with Gasteiger partial charge in [0.1, 0.15) is 5.75 Å². The molecule has 2 aromatic rings. The van der Waals surface area contributed by atoms with E-state index in [4.69, 9.17) is 10.5 Å². The summed E-state index contributed by atoms with van der Waals surface area (Å²) in [6.07, 6.45) is 7.20. The Morgan fingerprint density at radius 2 is 1.89 bits per heavy atom. The first-order chi connectivity index (χ1) is 12.7. The Kier molecular flexibility index (Phi) is 6.07. The second-order valence-corrected chi connectivity index (χ2v) is 7.57. The van der Waals surface area contributed by atoms with Crippen LogP contribution in [0.4, 0.5) is 0 Å². The van der Waals surface area contributed by atoms with Crippen LogP contribution < -0.4 is 15.8 Å². The topological polar surface area (TPSA) is 93.0 Å². The Morgan fingerprint density at radius 1 is 1.22 bits per heavy atom. The standard InChI is InChI=1S/C20H26N4O2.ClH/c1-26-16-7-5-12(6-8-16)19-17(11-22-24-19)20(25)23-18-13-3-2-4-14(18)10-15(21)9-13;/h5-8,11,13-15,18H,2-4,9-10,21H2,1H3,(H,22,24)(H,23,25);1H. The molecule has 27 heavy (non-hydrogen) atoms. The molecule has 2 saturated carbocycles. The highest BCUT2D eigenvalue weighted by Crippen LogP contribution is 2.40. The number of aromatic amines is 1. The van der Waals surface area contributed by atoms with Crippen LogP contribution >= 0.6 is 12.4 Å². The number of fused-ring (bicyclic) bond motifs is 2. The van der Waals surface area contributed by atoms with Crippen molar-refractivity contribution in [3.63, 3.8) is 0 Å². The van der Waals surface area contributed by atoms with Gasteiger partial charge in [0.2, 0.25) is 0 Å². The Morgan fingerprint density at radius 3 is 2.52 bits per heavy atom. The lowest BCUT2D eigenvalue weighted by Gasteiger charge is -2.45. The van der Waals surface area contributed by atoms with Gasteiger partial charge in [-0.25, -0.2) is 0 Å². The minimum atomic E-state index is -0.0538. The van der Waals surface area contributed by atoms with Crippen LogP contribution in [0.5, 0.6) is 5.75 Å². The molecule has 7 heteroatoms. The molecule has 2 fully saturated rings. The molecule has 2 atom stereocenters. The third-order valence-corrected chi connectivity index (χ3v) is 5.94. The second-order valence-electron chi connectivity index (χ2n) is 7.57. The summed E-state index contributed by atoms with van der Waals surface area (Å²) < 4.78 is 5.20. The molecular weight excluding hydrogens is 364 g/mol. The van der Waals surface area contributed by atoms with Crippen molar-refractivity contribution in [2.75, 3.05) is 7.11 Å². The normalized spacial score (nSPS) is 26.7. The van der Waals surface area contributed by atoms with Crippen molar-refractivity contribution in [1.29, 1.82) is 0 Å². The summed E-state index contributed by atoms with van der Waals surface area (Å²) in [5.41, 5.74) is 8.44. The van der Waals surface area contributed by atoms with E-state index in [1.165, 1.54) is 6.42 Å². The van der Waals surface area contributed by atoms with Gasteiger partial charge < -0.3 is 15.8 Å². The van der Waals surface area contributed by atoms with Gasteiger partial charge in [0.25, 0.3) is 5.91 Å². The Balaban J connectivity index is 0.00000210. The molecule has 0 aliphatic heterocycles. The Bertz CT molecular complexity index is 763. The number of halogens is 1. The summed E-state index contributed by atoms with van der Waals surface area (Å²) in [5.74, 6) is 1.73. The molecule has 0 radical (unpaired) electrons. The third-order valence-electron chi connectivity index (χ3n) is 5.94. The molecule has 2 aliphatic carbocycles. The average Bonchev–Trinajstić information content (AvgIpc) is 3.12.